The first-order chi connectivity index (χ1) is 19.7. The van der Waals surface area contributed by atoms with Gasteiger partial charge in [-0.15, -0.1) is 5.10 Å². The Bertz CT molecular complexity index is 636. The van der Waals surface area contributed by atoms with E-state index in [1.165, 1.54) is 141 Å². The van der Waals surface area contributed by atoms with Gasteiger partial charge in [0.1, 0.15) is 6.04 Å². The zero-order chi connectivity index (χ0) is 28.9. The first-order valence-electron chi connectivity index (χ1n) is 17.9. The number of aliphatic hydroxyl groups is 2. The number of hydrogen-bond donors (Lipinski definition) is 2. The molecule has 0 saturated carbocycles. The summed E-state index contributed by atoms with van der Waals surface area (Å²) >= 11 is 0. The second-order valence-electron chi connectivity index (χ2n) is 12.5. The molecule has 40 heavy (non-hydrogen) atoms. The Morgan fingerprint density at radius 1 is 0.575 bits per heavy atom. The van der Waals surface area contributed by atoms with Crippen molar-refractivity contribution in [1.29, 1.82) is 0 Å². The molecule has 0 aliphatic heterocycles. The Morgan fingerprint density at radius 2 is 0.950 bits per heavy atom. The molecule has 0 amide bonds. The van der Waals surface area contributed by atoms with Crippen LogP contribution in [0.2, 0.25) is 0 Å². The van der Waals surface area contributed by atoms with E-state index in [1.807, 2.05) is 6.20 Å². The highest BCUT2D eigenvalue weighted by Crippen LogP contribution is 2.18. The van der Waals surface area contributed by atoms with Gasteiger partial charge in [0.25, 0.3) is 0 Å². The zero-order valence-corrected chi connectivity index (χ0v) is 27.0. The van der Waals surface area contributed by atoms with E-state index in [9.17, 15) is 10.2 Å². The lowest BCUT2D eigenvalue weighted by Crippen LogP contribution is -2.27. The van der Waals surface area contributed by atoms with Crippen LogP contribution >= 0.6 is 0 Å². The van der Waals surface area contributed by atoms with E-state index in [0.29, 0.717) is 6.42 Å². The van der Waals surface area contributed by atoms with Gasteiger partial charge in [-0.25, -0.2) is 4.68 Å². The lowest BCUT2D eigenvalue weighted by Gasteiger charge is -2.20. The Hall–Kier alpha value is -0.940. The topological polar surface area (TPSA) is 71.2 Å². The number of nitrogens with zero attached hydrogens (tertiary/aromatic N) is 3. The van der Waals surface area contributed by atoms with E-state index in [4.69, 9.17) is 0 Å². The van der Waals surface area contributed by atoms with E-state index in [0.717, 1.165) is 37.8 Å². The van der Waals surface area contributed by atoms with Crippen molar-refractivity contribution in [2.24, 2.45) is 0 Å². The van der Waals surface area contributed by atoms with E-state index in [2.05, 4.69) is 24.2 Å². The molecule has 236 valence electrons. The highest BCUT2D eigenvalue weighted by atomic mass is 16.3. The van der Waals surface area contributed by atoms with Gasteiger partial charge >= 0.3 is 0 Å². The maximum absolute atomic E-state index is 10.4. The number of hydrogen-bond acceptors (Lipinski definition) is 4. The molecule has 2 atom stereocenters. The second kappa shape index (κ2) is 28.2. The molecule has 5 heteroatoms. The molecule has 1 aromatic rings. The van der Waals surface area contributed by atoms with E-state index < -0.39 is 6.10 Å². The third kappa shape index (κ3) is 20.9. The largest absolute Gasteiger partial charge is 0.394 e. The highest BCUT2D eigenvalue weighted by molar-refractivity contribution is 4.94. The SMILES string of the molecule is CCCCCCCCCCCCCCCCCCCCCCCCCc1cn([C@@H](CO)[C@H](O)CCCCC)nn1. The first-order valence-corrected chi connectivity index (χ1v) is 17.9. The molecule has 0 fully saturated rings. The van der Waals surface area contributed by atoms with Gasteiger partial charge in [-0.2, -0.15) is 0 Å². The predicted octanol–water partition coefficient (Wildman–Crippen LogP) is 10.3. The predicted molar refractivity (Wildman–Crippen MR) is 172 cm³/mol. The fourth-order valence-corrected chi connectivity index (χ4v) is 5.86. The van der Waals surface area contributed by atoms with Crippen LogP contribution in [0.4, 0.5) is 0 Å². The fraction of sp³-hybridized carbons (Fsp3) is 0.943. The van der Waals surface area contributed by atoms with Crippen molar-refractivity contribution in [3.8, 4) is 0 Å². The van der Waals surface area contributed by atoms with Crippen molar-refractivity contribution in [2.45, 2.75) is 206 Å². The van der Waals surface area contributed by atoms with Gasteiger partial charge in [-0.1, -0.05) is 180 Å². The van der Waals surface area contributed by atoms with E-state index in [1.54, 1.807) is 4.68 Å². The lowest BCUT2D eigenvalue weighted by molar-refractivity contribution is 0.0579. The molecule has 0 aliphatic carbocycles. The molecule has 2 N–H and O–H groups in total. The molecule has 0 unspecified atom stereocenters. The molecule has 0 aromatic carbocycles. The van der Waals surface area contributed by atoms with Gasteiger partial charge in [-0.3, -0.25) is 0 Å². The molecule has 1 rings (SSSR count). The van der Waals surface area contributed by atoms with Crippen LogP contribution in [0, 0.1) is 0 Å². The van der Waals surface area contributed by atoms with Crippen molar-refractivity contribution in [3.05, 3.63) is 11.9 Å². The van der Waals surface area contributed by atoms with Crippen molar-refractivity contribution >= 4 is 0 Å². The maximum Gasteiger partial charge on any atom is 0.103 e. The normalized spacial score (nSPS) is 13.2. The van der Waals surface area contributed by atoms with Crippen LogP contribution in [-0.4, -0.2) is 37.9 Å². The summed E-state index contributed by atoms with van der Waals surface area (Å²) in [6.45, 7) is 4.35. The highest BCUT2D eigenvalue weighted by Gasteiger charge is 2.21. The molecular weight excluding hydrogens is 494 g/mol. The van der Waals surface area contributed by atoms with Gasteiger partial charge in [0.05, 0.1) is 18.4 Å². The molecule has 0 radical (unpaired) electrons. The summed E-state index contributed by atoms with van der Waals surface area (Å²) in [4.78, 5) is 0. The zero-order valence-electron chi connectivity index (χ0n) is 27.0. The van der Waals surface area contributed by atoms with Crippen molar-refractivity contribution < 1.29 is 10.2 Å². The molecule has 1 aromatic heterocycles. The molecular formula is C35H69N3O2. The Labute approximate surface area is 249 Å². The number of unbranched alkanes of at least 4 members (excludes halogenated alkanes) is 24. The van der Waals surface area contributed by atoms with Crippen LogP contribution in [-0.2, 0) is 6.42 Å². The van der Waals surface area contributed by atoms with Gasteiger partial charge in [0, 0.05) is 6.20 Å². The number of aliphatic hydroxyl groups excluding tert-OH is 2. The summed E-state index contributed by atoms with van der Waals surface area (Å²) in [5, 5.41) is 28.6. The van der Waals surface area contributed by atoms with Crippen LogP contribution < -0.4 is 0 Å². The summed E-state index contributed by atoms with van der Waals surface area (Å²) in [6, 6.07) is -0.382. The quantitative estimate of drug-likeness (QED) is 0.0881. The maximum atomic E-state index is 10.4. The standard InChI is InChI=1S/C35H69N3O2/c1-3-5-7-8-9-10-11-12-13-14-15-16-17-18-19-20-21-22-23-24-25-26-28-29-33-31-38(37-36-33)34(32-39)35(40)30-27-6-4-2/h31,34-35,39-40H,3-30,32H2,1-2H3/t34-,35+/m0/s1. The second-order valence-corrected chi connectivity index (χ2v) is 12.5. The Morgan fingerprint density at radius 3 is 1.35 bits per heavy atom. The Kier molecular flexibility index (Phi) is 26.1. The van der Waals surface area contributed by atoms with Crippen LogP contribution in [0.3, 0.4) is 0 Å². The van der Waals surface area contributed by atoms with Crippen molar-refractivity contribution in [3.63, 3.8) is 0 Å². The summed E-state index contributed by atoms with van der Waals surface area (Å²) in [5.41, 5.74) is 0.975. The van der Waals surface area contributed by atoms with Crippen LogP contribution in [0.5, 0.6) is 0 Å². The van der Waals surface area contributed by atoms with Crippen molar-refractivity contribution in [2.75, 3.05) is 6.61 Å². The number of aromatic nitrogens is 3. The summed E-state index contributed by atoms with van der Waals surface area (Å²) in [6.07, 6.45) is 38.6. The molecule has 0 bridgehead atoms. The third-order valence-corrected chi connectivity index (χ3v) is 8.67. The monoisotopic (exact) mass is 564 g/mol. The van der Waals surface area contributed by atoms with Gasteiger partial charge in [0.15, 0.2) is 0 Å². The van der Waals surface area contributed by atoms with Crippen LogP contribution in [0.1, 0.15) is 199 Å². The smallest absolute Gasteiger partial charge is 0.103 e. The molecule has 0 saturated heterocycles. The molecule has 5 nitrogen and oxygen atoms in total. The van der Waals surface area contributed by atoms with Crippen LogP contribution in [0.15, 0.2) is 6.20 Å². The fourth-order valence-electron chi connectivity index (χ4n) is 5.86. The average Bonchev–Trinajstić information content (AvgIpc) is 3.42. The van der Waals surface area contributed by atoms with Gasteiger partial charge < -0.3 is 10.2 Å². The average molecular weight is 564 g/mol. The minimum absolute atomic E-state index is 0.102. The minimum atomic E-state index is -0.565. The summed E-state index contributed by atoms with van der Waals surface area (Å²) in [7, 11) is 0. The number of rotatable bonds is 31. The van der Waals surface area contributed by atoms with E-state index >= 15 is 0 Å². The third-order valence-electron chi connectivity index (χ3n) is 8.67. The van der Waals surface area contributed by atoms with E-state index in [-0.39, 0.29) is 12.6 Å². The van der Waals surface area contributed by atoms with Gasteiger partial charge in [-0.05, 0) is 19.3 Å². The molecule has 1 heterocycles. The molecule has 0 spiro atoms. The molecule has 0 aliphatic rings. The lowest BCUT2D eigenvalue weighted by atomic mass is 10.0. The minimum Gasteiger partial charge on any atom is -0.394 e. The van der Waals surface area contributed by atoms with Crippen molar-refractivity contribution in [1.82, 2.24) is 15.0 Å². The Balaban J connectivity index is 1.85. The van der Waals surface area contributed by atoms with Gasteiger partial charge in [0.2, 0.25) is 0 Å². The van der Waals surface area contributed by atoms with Crippen LogP contribution in [0.25, 0.3) is 0 Å². The number of aryl methyl sites for hydroxylation is 1. The summed E-state index contributed by atoms with van der Waals surface area (Å²) < 4.78 is 1.67. The summed E-state index contributed by atoms with van der Waals surface area (Å²) in [5.74, 6) is 0. The first kappa shape index (κ1) is 37.1.